The molecule has 2 fully saturated rings. The molecule has 2 N–H and O–H groups in total. The van der Waals surface area contributed by atoms with Gasteiger partial charge in [-0.05, 0) is 56.2 Å². The van der Waals surface area contributed by atoms with Crippen molar-refractivity contribution in [3.63, 3.8) is 0 Å². The van der Waals surface area contributed by atoms with Gasteiger partial charge < -0.3 is 10.5 Å². The first-order valence-corrected chi connectivity index (χ1v) is 8.47. The lowest BCUT2D eigenvalue weighted by molar-refractivity contribution is -0.00659. The van der Waals surface area contributed by atoms with Gasteiger partial charge in [-0.1, -0.05) is 24.3 Å². The minimum absolute atomic E-state index is 0.335. The summed E-state index contributed by atoms with van der Waals surface area (Å²) in [6.07, 6.45) is 5.50. The van der Waals surface area contributed by atoms with Crippen LogP contribution in [0, 0.1) is 0 Å². The van der Waals surface area contributed by atoms with Crippen molar-refractivity contribution in [2.45, 2.75) is 50.7 Å². The third-order valence-corrected chi connectivity index (χ3v) is 4.85. The zero-order valence-electron chi connectivity index (χ0n) is 13.1. The molecule has 2 unspecified atom stereocenters. The molecule has 0 spiro atoms. The number of nitrogens with zero attached hydrogens (tertiary/aromatic N) is 1. The Kier molecular flexibility index (Phi) is 4.94. The average molecular weight is 288 g/mol. The van der Waals surface area contributed by atoms with Gasteiger partial charge in [0.2, 0.25) is 0 Å². The highest BCUT2D eigenvalue weighted by molar-refractivity contribution is 5.30. The average Bonchev–Trinajstić information content (AvgIpc) is 3.34. The smallest absolute Gasteiger partial charge is 0.0702 e. The van der Waals surface area contributed by atoms with Crippen LogP contribution in [0.4, 0.5) is 0 Å². The van der Waals surface area contributed by atoms with Crippen LogP contribution in [-0.4, -0.2) is 37.2 Å². The van der Waals surface area contributed by atoms with E-state index in [0.717, 1.165) is 25.6 Å². The third kappa shape index (κ3) is 3.65. The van der Waals surface area contributed by atoms with Crippen molar-refractivity contribution in [2.24, 2.45) is 5.73 Å². The first kappa shape index (κ1) is 15.0. The summed E-state index contributed by atoms with van der Waals surface area (Å²) in [5.74, 6) is 0.827. The number of ether oxygens (including phenoxy) is 1. The fraction of sp³-hybridized carbons (Fsp3) is 0.667. The van der Waals surface area contributed by atoms with Crippen molar-refractivity contribution < 1.29 is 4.74 Å². The van der Waals surface area contributed by atoms with E-state index in [1.807, 2.05) is 0 Å². The summed E-state index contributed by atoms with van der Waals surface area (Å²) in [5, 5.41) is 0. The van der Waals surface area contributed by atoms with E-state index < -0.39 is 0 Å². The lowest BCUT2D eigenvalue weighted by Gasteiger charge is -2.38. The lowest BCUT2D eigenvalue weighted by Crippen LogP contribution is -2.44. The van der Waals surface area contributed by atoms with Crippen molar-refractivity contribution in [1.29, 1.82) is 0 Å². The summed E-state index contributed by atoms with van der Waals surface area (Å²) >= 11 is 0. The van der Waals surface area contributed by atoms with E-state index >= 15 is 0 Å². The summed E-state index contributed by atoms with van der Waals surface area (Å²) in [6, 6.07) is 9.52. The van der Waals surface area contributed by atoms with Crippen LogP contribution < -0.4 is 5.73 Å². The standard InChI is InChI=1S/C18H28N2O/c1-2-21-17-4-3-11-20(13-17)18(12-19)16-9-7-15(8-10-16)14-5-6-14/h7-10,14,17-18H,2-6,11-13,19H2,1H3. The highest BCUT2D eigenvalue weighted by atomic mass is 16.5. The lowest BCUT2D eigenvalue weighted by atomic mass is 9.98. The van der Waals surface area contributed by atoms with Gasteiger partial charge in [0.25, 0.3) is 0 Å². The number of rotatable bonds is 6. The molecule has 3 heteroatoms. The second-order valence-corrected chi connectivity index (χ2v) is 6.41. The van der Waals surface area contributed by atoms with Crippen LogP contribution >= 0.6 is 0 Å². The second kappa shape index (κ2) is 6.91. The van der Waals surface area contributed by atoms with Crippen LogP contribution in [0.1, 0.15) is 55.7 Å². The van der Waals surface area contributed by atoms with Crippen LogP contribution in [-0.2, 0) is 4.74 Å². The van der Waals surface area contributed by atoms with Crippen molar-refractivity contribution >= 4 is 0 Å². The maximum Gasteiger partial charge on any atom is 0.0702 e. The minimum Gasteiger partial charge on any atom is -0.377 e. The molecule has 1 saturated carbocycles. The zero-order chi connectivity index (χ0) is 14.7. The van der Waals surface area contributed by atoms with Crippen LogP contribution in [0.3, 0.4) is 0 Å². The Morgan fingerprint density at radius 1 is 1.24 bits per heavy atom. The van der Waals surface area contributed by atoms with Gasteiger partial charge >= 0.3 is 0 Å². The number of benzene rings is 1. The van der Waals surface area contributed by atoms with Crippen molar-refractivity contribution in [1.82, 2.24) is 4.90 Å². The Bertz CT molecular complexity index is 439. The molecule has 2 aliphatic rings. The van der Waals surface area contributed by atoms with Gasteiger partial charge in [0.05, 0.1) is 6.10 Å². The Labute approximate surface area is 128 Å². The molecule has 1 aliphatic heterocycles. The molecule has 0 amide bonds. The number of piperidine rings is 1. The highest BCUT2D eigenvalue weighted by Crippen LogP contribution is 2.40. The largest absolute Gasteiger partial charge is 0.377 e. The summed E-state index contributed by atoms with van der Waals surface area (Å²) in [4.78, 5) is 2.51. The molecular weight excluding hydrogens is 260 g/mol. The highest BCUT2D eigenvalue weighted by Gasteiger charge is 2.27. The fourth-order valence-electron chi connectivity index (χ4n) is 3.52. The number of likely N-dealkylation sites (tertiary alicyclic amines) is 1. The number of nitrogens with two attached hydrogens (primary N) is 1. The second-order valence-electron chi connectivity index (χ2n) is 6.41. The molecule has 116 valence electrons. The number of hydrogen-bond acceptors (Lipinski definition) is 3. The van der Waals surface area contributed by atoms with Gasteiger partial charge in [0, 0.05) is 25.7 Å². The summed E-state index contributed by atoms with van der Waals surface area (Å²) in [6.45, 7) is 5.72. The Morgan fingerprint density at radius 2 is 2.00 bits per heavy atom. The summed E-state index contributed by atoms with van der Waals surface area (Å²) in [5.41, 5.74) is 8.94. The van der Waals surface area contributed by atoms with Gasteiger partial charge in [-0.3, -0.25) is 4.90 Å². The maximum atomic E-state index is 6.08. The SMILES string of the molecule is CCOC1CCCN(C(CN)c2ccc(C3CC3)cc2)C1. The van der Waals surface area contributed by atoms with E-state index in [-0.39, 0.29) is 0 Å². The van der Waals surface area contributed by atoms with E-state index in [0.29, 0.717) is 18.7 Å². The van der Waals surface area contributed by atoms with E-state index in [1.54, 1.807) is 0 Å². The van der Waals surface area contributed by atoms with Gasteiger partial charge in [-0.2, -0.15) is 0 Å². The first-order chi connectivity index (χ1) is 10.3. The number of hydrogen-bond donors (Lipinski definition) is 1. The summed E-state index contributed by atoms with van der Waals surface area (Å²) in [7, 11) is 0. The van der Waals surface area contributed by atoms with E-state index in [2.05, 4.69) is 36.1 Å². The molecule has 3 rings (SSSR count). The fourth-order valence-corrected chi connectivity index (χ4v) is 3.52. The molecular formula is C18H28N2O. The molecule has 3 nitrogen and oxygen atoms in total. The van der Waals surface area contributed by atoms with Gasteiger partial charge in [-0.15, -0.1) is 0 Å². The van der Waals surface area contributed by atoms with Crippen molar-refractivity contribution in [3.8, 4) is 0 Å². The molecule has 1 aromatic carbocycles. The molecule has 21 heavy (non-hydrogen) atoms. The normalized spacial score (nSPS) is 25.0. The predicted octanol–water partition coefficient (Wildman–Crippen LogP) is 3.06. The van der Waals surface area contributed by atoms with Crippen LogP contribution in [0.25, 0.3) is 0 Å². The van der Waals surface area contributed by atoms with Crippen LogP contribution in [0.5, 0.6) is 0 Å². The van der Waals surface area contributed by atoms with Crippen molar-refractivity contribution in [2.75, 3.05) is 26.2 Å². The van der Waals surface area contributed by atoms with E-state index in [1.165, 1.54) is 36.8 Å². The molecule has 2 atom stereocenters. The molecule has 1 saturated heterocycles. The predicted molar refractivity (Wildman–Crippen MR) is 86.4 cm³/mol. The minimum atomic E-state index is 0.335. The Hall–Kier alpha value is -0.900. The van der Waals surface area contributed by atoms with Gasteiger partial charge in [-0.25, -0.2) is 0 Å². The zero-order valence-corrected chi connectivity index (χ0v) is 13.1. The molecule has 0 aromatic heterocycles. The Balaban J connectivity index is 1.68. The molecule has 1 aliphatic carbocycles. The topological polar surface area (TPSA) is 38.5 Å². The molecule has 0 radical (unpaired) electrons. The molecule has 1 heterocycles. The van der Waals surface area contributed by atoms with E-state index in [4.69, 9.17) is 10.5 Å². The third-order valence-electron chi connectivity index (χ3n) is 4.85. The summed E-state index contributed by atoms with van der Waals surface area (Å²) < 4.78 is 5.82. The van der Waals surface area contributed by atoms with Crippen LogP contribution in [0.2, 0.25) is 0 Å². The van der Waals surface area contributed by atoms with E-state index in [9.17, 15) is 0 Å². The quantitative estimate of drug-likeness (QED) is 0.874. The monoisotopic (exact) mass is 288 g/mol. The molecule has 1 aromatic rings. The van der Waals surface area contributed by atoms with Gasteiger partial charge in [0.1, 0.15) is 0 Å². The van der Waals surface area contributed by atoms with Crippen LogP contribution in [0.15, 0.2) is 24.3 Å². The first-order valence-electron chi connectivity index (χ1n) is 8.47. The van der Waals surface area contributed by atoms with Gasteiger partial charge in [0.15, 0.2) is 0 Å². The Morgan fingerprint density at radius 3 is 2.62 bits per heavy atom. The molecule has 0 bridgehead atoms. The van der Waals surface area contributed by atoms with Crippen molar-refractivity contribution in [3.05, 3.63) is 35.4 Å². The maximum absolute atomic E-state index is 6.08.